The Morgan fingerprint density at radius 2 is 1.58 bits per heavy atom. The average Bonchev–Trinajstić information content (AvgIpc) is 2.26. The third-order valence-electron chi connectivity index (χ3n) is 4.64. The van der Waals surface area contributed by atoms with E-state index in [-0.39, 0.29) is 5.54 Å². The van der Waals surface area contributed by atoms with Gasteiger partial charge in [0.25, 0.3) is 0 Å². The van der Waals surface area contributed by atoms with Crippen molar-refractivity contribution in [2.75, 3.05) is 13.1 Å². The number of hydrogen-bond acceptors (Lipinski definition) is 3. The summed E-state index contributed by atoms with van der Waals surface area (Å²) in [5.74, 6) is 2.12. The number of rotatable bonds is 6. The highest BCUT2D eigenvalue weighted by atomic mass is 16.5. The molecule has 0 aliphatic carbocycles. The van der Waals surface area contributed by atoms with Crippen LogP contribution in [0.5, 0.6) is 0 Å². The van der Waals surface area contributed by atoms with Crippen LogP contribution in [0.1, 0.15) is 54.4 Å². The lowest BCUT2D eigenvalue weighted by atomic mass is 9.81. The maximum absolute atomic E-state index is 6.08. The normalized spacial score (nSPS) is 32.5. The van der Waals surface area contributed by atoms with Crippen molar-refractivity contribution in [3.63, 3.8) is 0 Å². The topological polar surface area (TPSA) is 47.3 Å². The smallest absolute Gasteiger partial charge is 0.0568 e. The summed E-state index contributed by atoms with van der Waals surface area (Å²) in [6, 6.07) is 0. The van der Waals surface area contributed by atoms with Crippen LogP contribution in [0.3, 0.4) is 0 Å². The second-order valence-corrected chi connectivity index (χ2v) is 7.18. The Hall–Kier alpha value is -0.120. The quantitative estimate of drug-likeness (QED) is 0.780. The highest BCUT2D eigenvalue weighted by Crippen LogP contribution is 2.29. The molecule has 2 unspecified atom stereocenters. The molecule has 114 valence electrons. The zero-order valence-corrected chi connectivity index (χ0v) is 13.7. The maximum Gasteiger partial charge on any atom is 0.0568 e. The zero-order chi connectivity index (χ0) is 14.6. The molecule has 3 heteroatoms. The molecular formula is C16H34N2O. The summed E-state index contributed by atoms with van der Waals surface area (Å²) in [6.07, 6.45) is 2.65. The minimum absolute atomic E-state index is 0.0686. The first-order valence-electron chi connectivity index (χ1n) is 7.90. The molecule has 1 saturated heterocycles. The van der Waals surface area contributed by atoms with Crippen molar-refractivity contribution in [3.05, 3.63) is 0 Å². The van der Waals surface area contributed by atoms with Gasteiger partial charge in [0, 0.05) is 12.1 Å². The van der Waals surface area contributed by atoms with Crippen LogP contribution in [-0.2, 0) is 4.74 Å². The van der Waals surface area contributed by atoms with Crippen molar-refractivity contribution in [1.82, 2.24) is 5.32 Å². The monoisotopic (exact) mass is 270 g/mol. The van der Waals surface area contributed by atoms with Crippen LogP contribution < -0.4 is 11.1 Å². The Bertz CT molecular complexity index is 247. The summed E-state index contributed by atoms with van der Waals surface area (Å²) >= 11 is 0. The molecule has 0 aromatic carbocycles. The standard InChI is InChI=1S/C16H34N2O/c1-11(2)15(12(3)4)9-18-16(10-17)7-13(5)19-14(6)8-16/h11-15,18H,7-10,17H2,1-6H3. The van der Waals surface area contributed by atoms with Crippen molar-refractivity contribution in [2.45, 2.75) is 72.1 Å². The molecule has 0 aromatic rings. The second-order valence-electron chi connectivity index (χ2n) is 7.18. The first-order valence-corrected chi connectivity index (χ1v) is 7.90. The van der Waals surface area contributed by atoms with E-state index in [1.165, 1.54) is 0 Å². The lowest BCUT2D eigenvalue weighted by molar-refractivity contribution is -0.0682. The number of nitrogens with two attached hydrogens (primary N) is 1. The van der Waals surface area contributed by atoms with Gasteiger partial charge in [-0.3, -0.25) is 0 Å². The van der Waals surface area contributed by atoms with Crippen molar-refractivity contribution < 1.29 is 4.74 Å². The molecule has 0 saturated carbocycles. The lowest BCUT2D eigenvalue weighted by Gasteiger charge is -2.44. The Labute approximate surface area is 119 Å². The van der Waals surface area contributed by atoms with Gasteiger partial charge in [-0.1, -0.05) is 27.7 Å². The molecule has 0 amide bonds. The summed E-state index contributed by atoms with van der Waals surface area (Å²) in [4.78, 5) is 0. The minimum atomic E-state index is 0.0686. The van der Waals surface area contributed by atoms with Crippen molar-refractivity contribution in [3.8, 4) is 0 Å². The molecule has 1 fully saturated rings. The molecule has 1 heterocycles. The molecule has 2 atom stereocenters. The van der Waals surface area contributed by atoms with Crippen molar-refractivity contribution in [2.24, 2.45) is 23.5 Å². The molecule has 0 bridgehead atoms. The van der Waals surface area contributed by atoms with Crippen molar-refractivity contribution >= 4 is 0 Å². The van der Waals surface area contributed by atoms with Crippen LogP contribution in [0.2, 0.25) is 0 Å². The number of ether oxygens (including phenoxy) is 1. The SMILES string of the molecule is CC1CC(CN)(NCC(C(C)C)C(C)C)CC(C)O1. The van der Waals surface area contributed by atoms with Gasteiger partial charge in [-0.25, -0.2) is 0 Å². The van der Waals surface area contributed by atoms with Gasteiger partial charge in [0.1, 0.15) is 0 Å². The fourth-order valence-electron chi connectivity index (χ4n) is 3.64. The molecule has 1 rings (SSSR count). The third-order valence-corrected chi connectivity index (χ3v) is 4.64. The van der Waals surface area contributed by atoms with E-state index < -0.39 is 0 Å². The van der Waals surface area contributed by atoms with E-state index in [2.05, 4.69) is 46.9 Å². The Morgan fingerprint density at radius 1 is 1.11 bits per heavy atom. The van der Waals surface area contributed by atoms with Gasteiger partial charge >= 0.3 is 0 Å². The van der Waals surface area contributed by atoms with Crippen LogP contribution in [0, 0.1) is 17.8 Å². The zero-order valence-electron chi connectivity index (χ0n) is 13.7. The molecule has 0 radical (unpaired) electrons. The molecule has 1 aliphatic rings. The van der Waals surface area contributed by atoms with Crippen LogP contribution in [0.4, 0.5) is 0 Å². The Balaban J connectivity index is 2.65. The van der Waals surface area contributed by atoms with Gasteiger partial charge in [0.05, 0.1) is 12.2 Å². The summed E-state index contributed by atoms with van der Waals surface area (Å²) < 4.78 is 5.85. The lowest BCUT2D eigenvalue weighted by Crippen LogP contribution is -2.59. The van der Waals surface area contributed by atoms with Gasteiger partial charge in [0.15, 0.2) is 0 Å². The number of hydrogen-bond donors (Lipinski definition) is 2. The fourth-order valence-corrected chi connectivity index (χ4v) is 3.64. The molecule has 0 aromatic heterocycles. The average molecular weight is 270 g/mol. The van der Waals surface area contributed by atoms with Gasteiger partial charge in [-0.05, 0) is 51.0 Å². The largest absolute Gasteiger partial charge is 0.375 e. The second kappa shape index (κ2) is 7.05. The molecule has 0 spiro atoms. The molecule has 3 N–H and O–H groups in total. The predicted molar refractivity (Wildman–Crippen MR) is 82.2 cm³/mol. The van der Waals surface area contributed by atoms with Crippen LogP contribution >= 0.6 is 0 Å². The Kier molecular flexibility index (Phi) is 6.28. The molecule has 1 aliphatic heterocycles. The minimum Gasteiger partial charge on any atom is -0.375 e. The van der Waals surface area contributed by atoms with Crippen LogP contribution in [0.15, 0.2) is 0 Å². The summed E-state index contributed by atoms with van der Waals surface area (Å²) in [7, 11) is 0. The maximum atomic E-state index is 6.08. The van der Waals surface area contributed by atoms with E-state index in [1.807, 2.05) is 0 Å². The molecule has 19 heavy (non-hydrogen) atoms. The van der Waals surface area contributed by atoms with E-state index in [0.29, 0.717) is 36.5 Å². The van der Waals surface area contributed by atoms with E-state index >= 15 is 0 Å². The van der Waals surface area contributed by atoms with Crippen LogP contribution in [-0.4, -0.2) is 30.8 Å². The van der Waals surface area contributed by atoms with Gasteiger partial charge < -0.3 is 15.8 Å². The van der Waals surface area contributed by atoms with Gasteiger partial charge in [-0.15, -0.1) is 0 Å². The van der Waals surface area contributed by atoms with Gasteiger partial charge in [0.2, 0.25) is 0 Å². The first-order chi connectivity index (χ1) is 8.79. The summed E-state index contributed by atoms with van der Waals surface area (Å²) in [5.41, 5.74) is 6.15. The molecule has 3 nitrogen and oxygen atoms in total. The first kappa shape index (κ1) is 16.9. The molecular weight excluding hydrogens is 236 g/mol. The van der Waals surface area contributed by atoms with Crippen molar-refractivity contribution in [1.29, 1.82) is 0 Å². The highest BCUT2D eigenvalue weighted by molar-refractivity contribution is 4.96. The summed E-state index contributed by atoms with van der Waals surface area (Å²) in [6.45, 7) is 15.3. The fraction of sp³-hybridized carbons (Fsp3) is 1.00. The van der Waals surface area contributed by atoms with Crippen LogP contribution in [0.25, 0.3) is 0 Å². The summed E-state index contributed by atoms with van der Waals surface area (Å²) in [5, 5.41) is 3.80. The highest BCUT2D eigenvalue weighted by Gasteiger charge is 2.37. The van der Waals surface area contributed by atoms with E-state index in [1.54, 1.807) is 0 Å². The Morgan fingerprint density at radius 3 is 1.95 bits per heavy atom. The van der Waals surface area contributed by atoms with E-state index in [4.69, 9.17) is 10.5 Å². The third kappa shape index (κ3) is 4.73. The van der Waals surface area contributed by atoms with E-state index in [0.717, 1.165) is 19.4 Å². The number of nitrogens with one attached hydrogen (secondary N) is 1. The van der Waals surface area contributed by atoms with Gasteiger partial charge in [-0.2, -0.15) is 0 Å². The predicted octanol–water partition coefficient (Wildman–Crippen LogP) is 2.79. The van der Waals surface area contributed by atoms with E-state index in [9.17, 15) is 0 Å².